The van der Waals surface area contributed by atoms with Crippen molar-refractivity contribution in [1.82, 2.24) is 4.98 Å². The minimum absolute atomic E-state index is 0.503. The largest absolute Gasteiger partial charge is 0.291 e. The molecule has 0 atom stereocenters. The Morgan fingerprint density at radius 2 is 2.17 bits per heavy atom. The monoisotopic (exact) mass is 198 g/mol. The first kappa shape index (κ1) is 9.61. The van der Waals surface area contributed by atoms with Gasteiger partial charge in [-0.15, -0.1) is 0 Å². The van der Waals surface area contributed by atoms with Gasteiger partial charge in [0.1, 0.15) is 0 Å². The molecule has 0 bridgehead atoms. The smallest absolute Gasteiger partial charge is 0.199 e. The highest BCUT2D eigenvalue weighted by Crippen LogP contribution is 2.30. The molecule has 1 aromatic heterocycles. The fourth-order valence-corrected chi connectivity index (χ4v) is 2.45. The van der Waals surface area contributed by atoms with E-state index in [1.807, 2.05) is 18.4 Å². The number of carbonyl (C=O) groups excluding carboxylic acids is 1. The first-order valence-corrected chi connectivity index (χ1v) is 5.80. The van der Waals surface area contributed by atoms with Gasteiger partial charge in [-0.1, -0.05) is 21.6 Å². The summed E-state index contributed by atoms with van der Waals surface area (Å²) in [6.45, 7) is 0. The van der Waals surface area contributed by atoms with E-state index in [-0.39, 0.29) is 0 Å². The van der Waals surface area contributed by atoms with Crippen LogP contribution in [0.15, 0.2) is 29.4 Å². The Bertz CT molecular complexity index is 228. The Balaban J connectivity index is 2.20. The van der Waals surface area contributed by atoms with Crippen LogP contribution in [0, 0.1) is 0 Å². The van der Waals surface area contributed by atoms with Crippen molar-refractivity contribution in [1.29, 1.82) is 0 Å². The average molecular weight is 198 g/mol. The van der Waals surface area contributed by atoms with Crippen LogP contribution in [0.3, 0.4) is 0 Å². The molecule has 4 heteroatoms. The molecule has 0 unspecified atom stereocenters. The minimum Gasteiger partial charge on any atom is -0.291 e. The van der Waals surface area contributed by atoms with Gasteiger partial charge in [-0.3, -0.25) is 9.78 Å². The molecule has 0 aliphatic carbocycles. The number of aromatic nitrogens is 1. The molecular formula is C8H8NOS2. The fourth-order valence-electron chi connectivity index (χ4n) is 0.587. The summed E-state index contributed by atoms with van der Waals surface area (Å²) in [6.07, 6.45) is 5.88. The Kier molecular flexibility index (Phi) is 4.87. The van der Waals surface area contributed by atoms with E-state index >= 15 is 0 Å². The van der Waals surface area contributed by atoms with Crippen LogP contribution in [0.1, 0.15) is 6.42 Å². The van der Waals surface area contributed by atoms with Crippen LogP contribution in [0.2, 0.25) is 0 Å². The average Bonchev–Trinajstić information content (AvgIpc) is 2.14. The summed E-state index contributed by atoms with van der Waals surface area (Å²) >= 11 is 0. The highest BCUT2D eigenvalue weighted by Gasteiger charge is 1.92. The summed E-state index contributed by atoms with van der Waals surface area (Å²) in [5.74, 6) is 0.816. The van der Waals surface area contributed by atoms with E-state index in [0.717, 1.165) is 5.75 Å². The SMILES string of the molecule is O=[C]CCSSc1ccncc1. The molecule has 0 saturated heterocycles. The third kappa shape index (κ3) is 3.78. The van der Waals surface area contributed by atoms with Crippen molar-refractivity contribution in [3.63, 3.8) is 0 Å². The van der Waals surface area contributed by atoms with Crippen LogP contribution in [0.25, 0.3) is 0 Å². The van der Waals surface area contributed by atoms with Gasteiger partial charge in [0.05, 0.1) is 0 Å². The molecule has 0 amide bonds. The van der Waals surface area contributed by atoms with Crippen LogP contribution in [-0.4, -0.2) is 17.0 Å². The first-order valence-electron chi connectivity index (χ1n) is 3.48. The number of pyridine rings is 1. The maximum atomic E-state index is 9.86. The van der Waals surface area contributed by atoms with E-state index < -0.39 is 0 Å². The van der Waals surface area contributed by atoms with E-state index in [4.69, 9.17) is 0 Å². The van der Waals surface area contributed by atoms with Gasteiger partial charge in [0.25, 0.3) is 0 Å². The first-order chi connectivity index (χ1) is 5.93. The van der Waals surface area contributed by atoms with Gasteiger partial charge >= 0.3 is 0 Å². The molecule has 0 saturated carbocycles. The van der Waals surface area contributed by atoms with E-state index in [2.05, 4.69) is 4.98 Å². The van der Waals surface area contributed by atoms with Gasteiger partial charge in [-0.25, -0.2) is 0 Å². The van der Waals surface area contributed by atoms with E-state index in [1.54, 1.807) is 34.0 Å². The van der Waals surface area contributed by atoms with Crippen molar-refractivity contribution < 1.29 is 4.79 Å². The van der Waals surface area contributed by atoms with Gasteiger partial charge in [-0.05, 0) is 12.1 Å². The van der Waals surface area contributed by atoms with Gasteiger partial charge in [0.2, 0.25) is 0 Å². The van der Waals surface area contributed by atoms with Crippen LogP contribution in [0.5, 0.6) is 0 Å². The summed E-state index contributed by atoms with van der Waals surface area (Å²) < 4.78 is 0. The van der Waals surface area contributed by atoms with Crippen LogP contribution in [0.4, 0.5) is 0 Å². The lowest BCUT2D eigenvalue weighted by atomic mass is 10.5. The molecule has 63 valence electrons. The van der Waals surface area contributed by atoms with Crippen molar-refractivity contribution in [3.8, 4) is 0 Å². The standard InChI is InChI=1S/C8H8NOS2/c10-6-1-7-11-12-8-2-4-9-5-3-8/h2-5H,1,7H2. The molecule has 2 nitrogen and oxygen atoms in total. The molecule has 0 aliphatic heterocycles. The predicted octanol–water partition coefficient (Wildman–Crippen LogP) is 2.32. The molecule has 1 radical (unpaired) electrons. The lowest BCUT2D eigenvalue weighted by Crippen LogP contribution is -1.76. The maximum Gasteiger partial charge on any atom is 0.199 e. The minimum atomic E-state index is 0.503. The fraction of sp³-hybridized carbons (Fsp3) is 0.250. The Morgan fingerprint density at radius 1 is 1.42 bits per heavy atom. The van der Waals surface area contributed by atoms with Crippen molar-refractivity contribution in [2.24, 2.45) is 0 Å². The summed E-state index contributed by atoms with van der Waals surface area (Å²) in [4.78, 5) is 14.9. The highest BCUT2D eigenvalue weighted by atomic mass is 33.1. The maximum absolute atomic E-state index is 9.86. The van der Waals surface area contributed by atoms with Crippen molar-refractivity contribution in [2.75, 3.05) is 5.75 Å². The molecule has 1 heterocycles. The third-order valence-corrected chi connectivity index (χ3v) is 3.48. The third-order valence-electron chi connectivity index (χ3n) is 1.09. The van der Waals surface area contributed by atoms with Gasteiger partial charge < -0.3 is 0 Å². The Labute approximate surface area is 79.6 Å². The zero-order chi connectivity index (χ0) is 8.65. The second kappa shape index (κ2) is 6.08. The summed E-state index contributed by atoms with van der Waals surface area (Å²) in [5, 5.41) is 0. The number of hydrogen-bond acceptors (Lipinski definition) is 4. The van der Waals surface area contributed by atoms with Crippen molar-refractivity contribution >= 4 is 27.9 Å². The quantitative estimate of drug-likeness (QED) is 0.536. The number of nitrogens with zero attached hydrogens (tertiary/aromatic N) is 1. The molecular weight excluding hydrogens is 190 g/mol. The molecule has 1 aromatic rings. The molecule has 0 spiro atoms. The van der Waals surface area contributed by atoms with Crippen molar-refractivity contribution in [3.05, 3.63) is 24.5 Å². The topological polar surface area (TPSA) is 30.0 Å². The van der Waals surface area contributed by atoms with Gasteiger partial charge in [0.15, 0.2) is 6.29 Å². The Morgan fingerprint density at radius 3 is 2.83 bits per heavy atom. The lowest BCUT2D eigenvalue weighted by molar-refractivity contribution is 0.554. The summed E-state index contributed by atoms with van der Waals surface area (Å²) in [6, 6.07) is 3.89. The molecule has 0 aromatic carbocycles. The predicted molar refractivity (Wildman–Crippen MR) is 52.9 cm³/mol. The molecule has 0 aliphatic rings. The zero-order valence-corrected chi connectivity index (χ0v) is 8.03. The number of hydrogen-bond donors (Lipinski definition) is 0. The zero-order valence-electron chi connectivity index (χ0n) is 6.40. The second-order valence-corrected chi connectivity index (χ2v) is 4.47. The summed E-state index contributed by atoms with van der Waals surface area (Å²) in [7, 11) is 3.32. The molecule has 0 N–H and O–H groups in total. The van der Waals surface area contributed by atoms with E-state index in [9.17, 15) is 4.79 Å². The Hall–Kier alpha value is -0.480. The molecule has 12 heavy (non-hydrogen) atoms. The second-order valence-electron chi connectivity index (χ2n) is 1.98. The van der Waals surface area contributed by atoms with Crippen LogP contribution in [-0.2, 0) is 4.79 Å². The molecule has 0 fully saturated rings. The van der Waals surface area contributed by atoms with E-state index in [0.29, 0.717) is 6.42 Å². The summed E-state index contributed by atoms with van der Waals surface area (Å²) in [5.41, 5.74) is 0. The van der Waals surface area contributed by atoms with Crippen LogP contribution < -0.4 is 0 Å². The molecule has 1 rings (SSSR count). The highest BCUT2D eigenvalue weighted by molar-refractivity contribution is 8.76. The van der Waals surface area contributed by atoms with Crippen LogP contribution >= 0.6 is 21.6 Å². The van der Waals surface area contributed by atoms with Gasteiger partial charge in [-0.2, -0.15) is 0 Å². The van der Waals surface area contributed by atoms with Crippen molar-refractivity contribution in [2.45, 2.75) is 11.3 Å². The van der Waals surface area contributed by atoms with E-state index in [1.165, 1.54) is 4.90 Å². The normalized spacial score (nSPS) is 9.67. The van der Waals surface area contributed by atoms with Gasteiger partial charge in [0, 0.05) is 29.5 Å². The number of rotatable bonds is 5. The lowest BCUT2D eigenvalue weighted by Gasteiger charge is -1.96.